The number of nitrogens with zero attached hydrogens (tertiary/aromatic N) is 6. The van der Waals surface area contributed by atoms with Crippen molar-refractivity contribution in [3.63, 3.8) is 0 Å². The first-order chi connectivity index (χ1) is 70.5. The van der Waals surface area contributed by atoms with Crippen LogP contribution in [0.15, 0.2) is 350 Å². The number of pyridine rings is 4. The Labute approximate surface area is 878 Å². The van der Waals surface area contributed by atoms with E-state index in [2.05, 4.69) is 487 Å². The molecule has 0 fully saturated rings. The second kappa shape index (κ2) is 39.6. The van der Waals surface area contributed by atoms with Crippen LogP contribution < -0.4 is 81.9 Å². The van der Waals surface area contributed by atoms with E-state index in [1.54, 1.807) is 0 Å². The van der Waals surface area contributed by atoms with Crippen molar-refractivity contribution in [3.05, 3.63) is 400 Å². The fourth-order valence-electron chi connectivity index (χ4n) is 23.7. The molecule has 0 aliphatic heterocycles. The van der Waals surface area contributed by atoms with Gasteiger partial charge in [-0.05, 0) is 232 Å². The summed E-state index contributed by atoms with van der Waals surface area (Å²) >= 11 is 0. The van der Waals surface area contributed by atoms with Crippen molar-refractivity contribution in [2.24, 2.45) is 5.92 Å². The second-order valence-electron chi connectivity index (χ2n) is 41.5. The van der Waals surface area contributed by atoms with Crippen LogP contribution in [0.3, 0.4) is 0 Å². The molecule has 0 saturated heterocycles. The van der Waals surface area contributed by atoms with Gasteiger partial charge < -0.3 is 0 Å². The van der Waals surface area contributed by atoms with Gasteiger partial charge in [-0.3, -0.25) is 19.9 Å². The predicted octanol–water partition coefficient (Wildman–Crippen LogP) is 0.666. The summed E-state index contributed by atoms with van der Waals surface area (Å²) < 4.78 is 0. The highest BCUT2D eigenvalue weighted by Crippen LogP contribution is 2.54. The Hall–Kier alpha value is -14.8. The third kappa shape index (κ3) is 17.5. The molecule has 3 atom stereocenters. The van der Waals surface area contributed by atoms with Crippen molar-refractivity contribution in [1.82, 2.24) is 29.9 Å². The van der Waals surface area contributed by atoms with E-state index in [4.69, 9.17) is 29.9 Å². The topological polar surface area (TPSA) is 77.3 Å². The molecule has 21 rings (SSSR count). The van der Waals surface area contributed by atoms with Crippen LogP contribution >= 0.6 is 0 Å². The zero-order chi connectivity index (χ0) is 102. The van der Waals surface area contributed by atoms with E-state index >= 15 is 0 Å². The second-order valence-corrected chi connectivity index (χ2v) is 41.5. The number of rotatable bonds is 20. The fraction of sp³-hybridized carbons (Fsp3) is 0.0579. The van der Waals surface area contributed by atoms with Crippen LogP contribution in [0.1, 0.15) is 56.0 Å². The molecule has 0 spiro atoms. The molecule has 3 unspecified atom stereocenters. The molecule has 3 aliphatic rings. The first-order valence-electron chi connectivity index (χ1n) is 51.6. The van der Waals surface area contributed by atoms with Gasteiger partial charge in [0.05, 0.1) is 22.8 Å². The number of hydrogen-bond acceptors (Lipinski definition) is 6. The fourth-order valence-corrected chi connectivity index (χ4v) is 23.7. The minimum atomic E-state index is -0.256. The lowest BCUT2D eigenvalue weighted by Gasteiger charge is -2.24. The van der Waals surface area contributed by atoms with Crippen LogP contribution in [0, 0.1) is 33.6 Å². The minimum absolute atomic E-state index is 0.256. The van der Waals surface area contributed by atoms with Gasteiger partial charge in [0.2, 0.25) is 0 Å². The molecule has 18 aromatic rings. The summed E-state index contributed by atoms with van der Waals surface area (Å²) in [5.74, 6) is 0.579. The van der Waals surface area contributed by atoms with Crippen LogP contribution in [0.2, 0.25) is 5.82 Å². The first kappa shape index (κ1) is 97.3. The largest absolute Gasteiger partial charge is 0.256 e. The molecule has 0 bridgehead atoms. The van der Waals surface area contributed by atoms with E-state index in [1.165, 1.54) is 182 Å². The number of allylic oxidation sites excluding steroid dienone is 12. The highest BCUT2D eigenvalue weighted by Gasteiger charge is 2.36. The third-order valence-electron chi connectivity index (χ3n) is 33.9. The summed E-state index contributed by atoms with van der Waals surface area (Å²) in [6, 6.07) is 99.9. The number of aryl methyl sites for hydroxylation is 4. The maximum atomic E-state index is 5.27. The van der Waals surface area contributed by atoms with Crippen molar-refractivity contribution in [2.45, 2.75) is 39.4 Å². The van der Waals surface area contributed by atoms with E-state index in [9.17, 15) is 0 Å². The van der Waals surface area contributed by atoms with Crippen molar-refractivity contribution < 1.29 is 0 Å². The quantitative estimate of drug-likeness (QED) is 0.105. The number of benzene rings is 13. The zero-order valence-electron chi connectivity index (χ0n) is 88.6. The van der Waals surface area contributed by atoms with Gasteiger partial charge in [0, 0.05) is 99.1 Å². The molecule has 0 N–H and O–H groups in total. The molecule has 0 saturated carbocycles. The number of aromatic nitrogens is 6. The van der Waals surface area contributed by atoms with Crippen LogP contribution in [-0.4, -0.2) is 179 Å². The Bertz CT molecular complexity index is 8590. The van der Waals surface area contributed by atoms with E-state index in [0.717, 1.165) is 145 Å². The SMILES string of the molecule is BC1=C(B)C(B)C(B)=C1c1cnc(-c2ccc(-c3ccccc3-c3cc(-c4ccccc4-c4ccc(-c5cc(C)c(-c6c(B)c(B)c(B)c(B)c6B)cn5)cc4)cc(C4C=CC(C5C=C(c6ccccc6-c6ccc(-c7cc(C)c(-c8c(B)c(B)c(B)c(B)c8B)cn7)cc6)C=C5c5ccccc5-c5ccc(-c6cc(C)c(-c7c(B)c(B)c(B)c(B)c7B)cn6)cc5)=C4c4ccc(-c5ncccn5)cc4)c3)cc2)cc1C. The summed E-state index contributed by atoms with van der Waals surface area (Å²) in [6.07, 6.45) is 22.1. The van der Waals surface area contributed by atoms with Gasteiger partial charge in [-0.25, -0.2) is 9.97 Å². The highest BCUT2D eigenvalue weighted by molar-refractivity contribution is 6.71. The van der Waals surface area contributed by atoms with Crippen molar-refractivity contribution in [1.29, 1.82) is 0 Å². The standard InChI is InChI=1S/C121H107B19N6/c1-59-46-93(143-55-89(59)98-102(122)110(130)111(131)103(98)123)67-30-22-63(23-31-67)77-14-5-8-18-81(77)73-50-74(82-19-9-6-15-78(82)64-24-32-68(33-25-64)94-47-60(2)90(56-144-94)99-104(124)112(132)118(138)113(133)105(99)125)52-75(51-73)84-42-43-86(97(84)71-38-40-72(41-39-71)121-141-44-13-45-142-121)88-54-76(83-20-10-7-16-79(83)65-26-34-69(35-27-65)95-48-61(3)91(57-145-95)100-106(126)114(134)119(139)115(135)107(100)127)53-87(88)85-21-12-11-17-80(85)66-28-36-70(37-29-66)96-49-62(4)92(58-146-96)101-108(128)116(136)120(140)117(137)109(101)129/h5-58,84,88,110H,122-140H2,1-4H3. The van der Waals surface area contributed by atoms with Gasteiger partial charge in [0.15, 0.2) is 5.82 Å². The van der Waals surface area contributed by atoms with Gasteiger partial charge in [-0.1, -0.05) is 287 Å². The molecule has 5 heterocycles. The van der Waals surface area contributed by atoms with Gasteiger partial charge in [0.1, 0.15) is 149 Å². The number of hydrogen-bond donors (Lipinski definition) is 0. The van der Waals surface area contributed by atoms with Crippen molar-refractivity contribution >= 4 is 253 Å². The van der Waals surface area contributed by atoms with Crippen LogP contribution in [-0.2, 0) is 0 Å². The third-order valence-corrected chi connectivity index (χ3v) is 33.9. The zero-order valence-corrected chi connectivity index (χ0v) is 88.6. The Morgan fingerprint density at radius 2 is 0.541 bits per heavy atom. The minimum Gasteiger partial charge on any atom is -0.256 e. The van der Waals surface area contributed by atoms with E-state index < -0.39 is 0 Å². The van der Waals surface area contributed by atoms with E-state index in [1.807, 2.05) is 18.5 Å². The normalized spacial score (nSPS) is 14.5. The molecular formula is C121H107B19N6. The summed E-state index contributed by atoms with van der Waals surface area (Å²) in [5.41, 5.74) is 70.9. The molecule has 6 nitrogen and oxygen atoms in total. The monoisotopic (exact) mass is 1850 g/mol. The van der Waals surface area contributed by atoms with Crippen molar-refractivity contribution in [2.75, 3.05) is 0 Å². The Morgan fingerprint density at radius 3 is 0.884 bits per heavy atom. The molecule has 3 aliphatic carbocycles. The summed E-state index contributed by atoms with van der Waals surface area (Å²) in [4.78, 5) is 30.6. The summed E-state index contributed by atoms with van der Waals surface area (Å²) in [6.45, 7) is 8.94. The van der Waals surface area contributed by atoms with Crippen molar-refractivity contribution in [3.8, 4) is 157 Å². The summed E-state index contributed by atoms with van der Waals surface area (Å²) in [5, 5.41) is 0. The molecular weight excluding hydrogens is 1740 g/mol. The lowest BCUT2D eigenvalue weighted by molar-refractivity contribution is 1.04. The smallest absolute Gasteiger partial charge is 0.159 e. The Kier molecular flexibility index (Phi) is 26.4. The van der Waals surface area contributed by atoms with E-state index in [-0.39, 0.29) is 11.8 Å². The molecule has 13 aromatic carbocycles. The molecule has 0 radical (unpaired) electrons. The van der Waals surface area contributed by atoms with Gasteiger partial charge in [-0.2, -0.15) is 0 Å². The van der Waals surface area contributed by atoms with Crippen LogP contribution in [0.5, 0.6) is 0 Å². The molecule has 678 valence electrons. The molecule has 146 heavy (non-hydrogen) atoms. The average molecular weight is 1850 g/mol. The van der Waals surface area contributed by atoms with E-state index in [0.29, 0.717) is 11.6 Å². The van der Waals surface area contributed by atoms with Crippen LogP contribution in [0.25, 0.3) is 179 Å². The van der Waals surface area contributed by atoms with Gasteiger partial charge >= 0.3 is 0 Å². The maximum absolute atomic E-state index is 5.27. The first-order valence-corrected chi connectivity index (χ1v) is 51.6. The Morgan fingerprint density at radius 1 is 0.247 bits per heavy atom. The Balaban J connectivity index is 0.719. The van der Waals surface area contributed by atoms with Crippen LogP contribution in [0.4, 0.5) is 0 Å². The van der Waals surface area contributed by atoms with Gasteiger partial charge in [-0.15, -0.1) is 60.1 Å². The molecule has 0 amide bonds. The average Bonchev–Trinajstić information content (AvgIpc) is 1.57. The molecule has 25 heteroatoms. The summed E-state index contributed by atoms with van der Waals surface area (Å²) in [7, 11) is 43.0. The highest BCUT2D eigenvalue weighted by atomic mass is 14.9. The predicted molar refractivity (Wildman–Crippen MR) is 680 cm³/mol. The lowest BCUT2D eigenvalue weighted by Crippen LogP contribution is -2.55. The molecule has 5 aromatic heterocycles. The van der Waals surface area contributed by atoms with Gasteiger partial charge in [0.25, 0.3) is 0 Å². The maximum Gasteiger partial charge on any atom is 0.159 e. The lowest BCUT2D eigenvalue weighted by atomic mass is 9.59.